The molecule has 12 heteroatoms. The van der Waals surface area contributed by atoms with Crippen LogP contribution < -0.4 is 11.1 Å². The summed E-state index contributed by atoms with van der Waals surface area (Å²) < 4.78 is 63.6. The van der Waals surface area contributed by atoms with Crippen molar-refractivity contribution in [1.29, 1.82) is 0 Å². The van der Waals surface area contributed by atoms with Gasteiger partial charge in [0, 0.05) is 12.3 Å². The second kappa shape index (κ2) is 5.59. The molecule has 0 fully saturated rings. The van der Waals surface area contributed by atoms with Crippen LogP contribution in [-0.4, -0.2) is 37.0 Å². The largest absolute Gasteiger partial charge is 0.505 e. The van der Waals surface area contributed by atoms with Crippen LogP contribution in [0.1, 0.15) is 6.92 Å². The molecule has 0 saturated heterocycles. The number of carbonyl (C=O) groups is 1. The number of hydrogen-bond donors (Lipinski definition) is 5. The van der Waals surface area contributed by atoms with E-state index in [9.17, 15) is 26.7 Å². The molecule has 2 aromatic rings. The molecule has 10 nitrogen and oxygen atoms in total. The van der Waals surface area contributed by atoms with Crippen molar-refractivity contribution in [2.75, 3.05) is 11.1 Å². The highest BCUT2D eigenvalue weighted by Crippen LogP contribution is 2.41. The minimum absolute atomic E-state index is 0.164. The molecule has 0 aliphatic carbocycles. The van der Waals surface area contributed by atoms with Crippen LogP contribution >= 0.6 is 0 Å². The number of benzene rings is 2. The highest BCUT2D eigenvalue weighted by Gasteiger charge is 2.23. The fourth-order valence-electron chi connectivity index (χ4n) is 2.14. The molecule has 0 atom stereocenters. The number of rotatable bonds is 3. The molecule has 0 radical (unpaired) electrons. The van der Waals surface area contributed by atoms with Gasteiger partial charge in [0.15, 0.2) is 0 Å². The molecule has 0 unspecified atom stereocenters. The predicted octanol–water partition coefficient (Wildman–Crippen LogP) is 0.579. The van der Waals surface area contributed by atoms with Crippen LogP contribution in [0, 0.1) is 0 Å². The summed E-state index contributed by atoms with van der Waals surface area (Å²) in [6, 6.07) is 2.52. The first-order valence-electron chi connectivity index (χ1n) is 6.14. The summed E-state index contributed by atoms with van der Waals surface area (Å²) in [5.41, 5.74) is 4.58. The van der Waals surface area contributed by atoms with E-state index >= 15 is 0 Å². The average molecular weight is 376 g/mol. The number of nitrogens with one attached hydrogen (secondary N) is 1. The molecule has 6 N–H and O–H groups in total. The van der Waals surface area contributed by atoms with Crippen molar-refractivity contribution in [3.05, 3.63) is 18.2 Å². The first kappa shape index (κ1) is 17.9. The highest BCUT2D eigenvalue weighted by molar-refractivity contribution is 7.86. The van der Waals surface area contributed by atoms with E-state index in [1.54, 1.807) is 0 Å². The second-order valence-corrected chi connectivity index (χ2v) is 7.65. The Hall–Kier alpha value is -2.41. The zero-order chi connectivity index (χ0) is 18.4. The van der Waals surface area contributed by atoms with E-state index in [4.69, 9.17) is 14.8 Å². The number of nitrogens with two attached hydrogens (primary N) is 1. The Morgan fingerprint density at radius 3 is 2.12 bits per heavy atom. The van der Waals surface area contributed by atoms with E-state index in [1.165, 1.54) is 0 Å². The number of amides is 1. The third-order valence-corrected chi connectivity index (χ3v) is 4.80. The van der Waals surface area contributed by atoms with E-state index in [1.807, 2.05) is 0 Å². The molecule has 24 heavy (non-hydrogen) atoms. The van der Waals surface area contributed by atoms with Gasteiger partial charge in [-0.25, -0.2) is 0 Å². The lowest BCUT2D eigenvalue weighted by Gasteiger charge is -2.14. The Balaban J connectivity index is 3.04. The van der Waals surface area contributed by atoms with Gasteiger partial charge in [-0.2, -0.15) is 16.8 Å². The van der Waals surface area contributed by atoms with Gasteiger partial charge in [-0.3, -0.25) is 13.9 Å². The standard InChI is InChI=1S/C12H12N2O8S2/c1-5(15)14-8-4-7(23(17,18)19)2-6-3-9(24(20,21)22)11(13)12(16)10(6)8/h2-4,16H,13H2,1H3,(H,14,15)(H,17,18,19)(H,20,21,22). The minimum Gasteiger partial charge on any atom is -0.505 e. The zero-order valence-electron chi connectivity index (χ0n) is 12.0. The molecule has 0 heterocycles. The number of anilines is 2. The molecular formula is C12H12N2O8S2. The van der Waals surface area contributed by atoms with Crippen molar-refractivity contribution in [2.24, 2.45) is 0 Å². The lowest BCUT2D eigenvalue weighted by molar-refractivity contribution is -0.114. The molecule has 0 aliphatic rings. The Kier molecular flexibility index (Phi) is 4.18. The van der Waals surface area contributed by atoms with Gasteiger partial charge in [0.1, 0.15) is 10.6 Å². The van der Waals surface area contributed by atoms with Crippen molar-refractivity contribution in [1.82, 2.24) is 0 Å². The lowest BCUT2D eigenvalue weighted by atomic mass is 10.1. The van der Waals surface area contributed by atoms with Crippen LogP contribution in [0.5, 0.6) is 5.75 Å². The number of carbonyl (C=O) groups excluding carboxylic acids is 1. The summed E-state index contributed by atoms with van der Waals surface area (Å²) in [6.07, 6.45) is 0. The maximum Gasteiger partial charge on any atom is 0.296 e. The molecule has 130 valence electrons. The molecule has 0 saturated carbocycles. The molecule has 2 aromatic carbocycles. The fraction of sp³-hybridized carbons (Fsp3) is 0.0833. The van der Waals surface area contributed by atoms with Gasteiger partial charge in [0.25, 0.3) is 20.2 Å². The van der Waals surface area contributed by atoms with Crippen molar-refractivity contribution in [3.8, 4) is 5.75 Å². The highest BCUT2D eigenvalue weighted by atomic mass is 32.2. The average Bonchev–Trinajstić information content (AvgIpc) is 2.39. The number of fused-ring (bicyclic) bond motifs is 1. The van der Waals surface area contributed by atoms with Gasteiger partial charge in [0.2, 0.25) is 5.91 Å². The Bertz CT molecular complexity index is 1070. The third-order valence-electron chi connectivity index (χ3n) is 3.07. The minimum atomic E-state index is -4.82. The van der Waals surface area contributed by atoms with Gasteiger partial charge < -0.3 is 16.2 Å². The van der Waals surface area contributed by atoms with Crippen LogP contribution in [0.2, 0.25) is 0 Å². The number of hydrogen-bond acceptors (Lipinski definition) is 7. The van der Waals surface area contributed by atoms with Crippen molar-refractivity contribution < 1.29 is 35.8 Å². The summed E-state index contributed by atoms with van der Waals surface area (Å²) in [4.78, 5) is 9.75. The summed E-state index contributed by atoms with van der Waals surface area (Å²) in [5, 5.41) is 12.0. The third kappa shape index (κ3) is 3.26. The first-order chi connectivity index (χ1) is 10.8. The Morgan fingerprint density at radius 1 is 1.08 bits per heavy atom. The molecule has 0 aromatic heterocycles. The van der Waals surface area contributed by atoms with Crippen molar-refractivity contribution >= 4 is 48.3 Å². The van der Waals surface area contributed by atoms with E-state index in [-0.39, 0.29) is 16.5 Å². The molecule has 0 spiro atoms. The predicted molar refractivity (Wildman–Crippen MR) is 84.0 cm³/mol. The van der Waals surface area contributed by atoms with Crippen molar-refractivity contribution in [2.45, 2.75) is 16.7 Å². The van der Waals surface area contributed by atoms with Gasteiger partial charge in [-0.15, -0.1) is 0 Å². The summed E-state index contributed by atoms with van der Waals surface area (Å²) >= 11 is 0. The topological polar surface area (TPSA) is 184 Å². The van der Waals surface area contributed by atoms with Crippen LogP contribution in [0.25, 0.3) is 10.8 Å². The van der Waals surface area contributed by atoms with E-state index in [0.29, 0.717) is 0 Å². The van der Waals surface area contributed by atoms with Gasteiger partial charge in [-0.05, 0) is 23.6 Å². The summed E-state index contributed by atoms with van der Waals surface area (Å²) in [7, 11) is -9.52. The number of phenols is 1. The maximum atomic E-state index is 11.3. The normalized spacial score (nSPS) is 12.3. The Morgan fingerprint density at radius 2 is 1.67 bits per heavy atom. The van der Waals surface area contributed by atoms with Gasteiger partial charge in [0.05, 0.1) is 16.3 Å². The second-order valence-electron chi connectivity index (χ2n) is 4.84. The summed E-state index contributed by atoms with van der Waals surface area (Å²) in [5.74, 6) is -1.41. The quantitative estimate of drug-likeness (QED) is 0.290. The fourth-order valence-corrected chi connectivity index (χ4v) is 3.33. The number of phenolic OH excluding ortho intramolecular Hbond substituents is 1. The van der Waals surface area contributed by atoms with E-state index in [0.717, 1.165) is 25.1 Å². The number of aromatic hydroxyl groups is 1. The zero-order valence-corrected chi connectivity index (χ0v) is 13.6. The Labute approximate surface area is 136 Å². The van der Waals surface area contributed by atoms with Crippen LogP contribution in [0.3, 0.4) is 0 Å². The van der Waals surface area contributed by atoms with Gasteiger partial charge in [-0.1, -0.05) is 0 Å². The molecule has 0 aliphatic heterocycles. The van der Waals surface area contributed by atoms with E-state index in [2.05, 4.69) is 5.32 Å². The van der Waals surface area contributed by atoms with Gasteiger partial charge >= 0.3 is 0 Å². The molecule has 0 bridgehead atoms. The molecule has 2 rings (SSSR count). The van der Waals surface area contributed by atoms with Crippen LogP contribution in [0.4, 0.5) is 11.4 Å². The maximum absolute atomic E-state index is 11.3. The summed E-state index contributed by atoms with van der Waals surface area (Å²) in [6.45, 7) is 1.11. The van der Waals surface area contributed by atoms with Crippen molar-refractivity contribution in [3.63, 3.8) is 0 Å². The monoisotopic (exact) mass is 376 g/mol. The molecular weight excluding hydrogens is 364 g/mol. The lowest BCUT2D eigenvalue weighted by Crippen LogP contribution is -2.09. The number of nitrogen functional groups attached to an aromatic ring is 1. The first-order valence-corrected chi connectivity index (χ1v) is 9.02. The SMILES string of the molecule is CC(=O)Nc1cc(S(=O)(=O)O)cc2cc(S(=O)(=O)O)c(N)c(O)c12. The van der Waals surface area contributed by atoms with E-state index < -0.39 is 47.4 Å². The van der Waals surface area contributed by atoms with Crippen LogP contribution in [-0.2, 0) is 25.0 Å². The van der Waals surface area contributed by atoms with Crippen LogP contribution in [0.15, 0.2) is 28.0 Å². The smallest absolute Gasteiger partial charge is 0.296 e. The molecule has 1 amide bonds.